The van der Waals surface area contributed by atoms with Crippen molar-refractivity contribution >= 4 is 23.5 Å². The molecule has 0 atom stereocenters. The average molecular weight is 266 g/mol. The van der Waals surface area contributed by atoms with Gasteiger partial charge < -0.3 is 11.1 Å². The van der Waals surface area contributed by atoms with Gasteiger partial charge in [0.1, 0.15) is 0 Å². The van der Waals surface area contributed by atoms with Crippen LogP contribution in [0, 0.1) is 0 Å². The standard InChI is InChI=1S/C12H18N4OS/c13-11-10(14-5-6-15-11)12(17)16-7-8-18-9-3-1-2-4-9/h5-6,9H,1-4,7-8H2,(H2,13,15)(H,16,17). The molecule has 3 N–H and O–H groups in total. The predicted molar refractivity (Wildman–Crippen MR) is 73.5 cm³/mol. The number of amides is 1. The summed E-state index contributed by atoms with van der Waals surface area (Å²) >= 11 is 1.94. The van der Waals surface area contributed by atoms with E-state index >= 15 is 0 Å². The van der Waals surface area contributed by atoms with Gasteiger partial charge in [0, 0.05) is 29.9 Å². The summed E-state index contributed by atoms with van der Waals surface area (Å²) < 4.78 is 0. The average Bonchev–Trinajstić information content (AvgIpc) is 2.88. The number of rotatable bonds is 5. The lowest BCUT2D eigenvalue weighted by Crippen LogP contribution is -2.28. The molecular formula is C12H18N4OS. The monoisotopic (exact) mass is 266 g/mol. The summed E-state index contributed by atoms with van der Waals surface area (Å²) in [7, 11) is 0. The molecule has 1 heterocycles. The van der Waals surface area contributed by atoms with E-state index in [2.05, 4.69) is 15.3 Å². The van der Waals surface area contributed by atoms with Crippen molar-refractivity contribution in [2.24, 2.45) is 0 Å². The van der Waals surface area contributed by atoms with E-state index in [1.807, 2.05) is 11.8 Å². The Hall–Kier alpha value is -1.30. The van der Waals surface area contributed by atoms with E-state index in [9.17, 15) is 4.79 Å². The van der Waals surface area contributed by atoms with Gasteiger partial charge in [0.05, 0.1) is 0 Å². The highest BCUT2D eigenvalue weighted by molar-refractivity contribution is 7.99. The Morgan fingerprint density at radius 3 is 2.83 bits per heavy atom. The number of hydrogen-bond donors (Lipinski definition) is 2. The molecule has 18 heavy (non-hydrogen) atoms. The molecule has 98 valence electrons. The molecule has 1 aliphatic rings. The number of nitrogens with one attached hydrogen (secondary N) is 1. The number of carbonyl (C=O) groups is 1. The largest absolute Gasteiger partial charge is 0.382 e. The van der Waals surface area contributed by atoms with Gasteiger partial charge in [0.25, 0.3) is 5.91 Å². The Bertz CT molecular complexity index is 407. The molecule has 0 radical (unpaired) electrons. The summed E-state index contributed by atoms with van der Waals surface area (Å²) in [6.45, 7) is 0.649. The maximum absolute atomic E-state index is 11.8. The van der Waals surface area contributed by atoms with Crippen LogP contribution in [0.5, 0.6) is 0 Å². The number of nitrogens with zero attached hydrogens (tertiary/aromatic N) is 2. The number of nitrogen functional groups attached to an aromatic ring is 1. The normalized spacial score (nSPS) is 15.8. The van der Waals surface area contributed by atoms with Gasteiger partial charge in [-0.2, -0.15) is 11.8 Å². The number of carbonyl (C=O) groups excluding carboxylic acids is 1. The summed E-state index contributed by atoms with van der Waals surface area (Å²) in [5.41, 5.74) is 5.80. The molecule has 6 heteroatoms. The number of aromatic nitrogens is 2. The van der Waals surface area contributed by atoms with Crippen LogP contribution in [0.25, 0.3) is 0 Å². The van der Waals surface area contributed by atoms with Crippen molar-refractivity contribution in [2.75, 3.05) is 18.0 Å². The lowest BCUT2D eigenvalue weighted by molar-refractivity contribution is 0.0952. The SMILES string of the molecule is Nc1nccnc1C(=O)NCCSC1CCCC1. The van der Waals surface area contributed by atoms with Crippen LogP contribution < -0.4 is 11.1 Å². The van der Waals surface area contributed by atoms with E-state index in [1.165, 1.54) is 38.1 Å². The maximum atomic E-state index is 11.8. The van der Waals surface area contributed by atoms with Crippen LogP contribution in [0.15, 0.2) is 12.4 Å². The van der Waals surface area contributed by atoms with E-state index in [-0.39, 0.29) is 17.4 Å². The van der Waals surface area contributed by atoms with E-state index in [4.69, 9.17) is 5.73 Å². The number of nitrogens with two attached hydrogens (primary N) is 1. The molecule has 1 fully saturated rings. The molecule has 1 amide bonds. The fourth-order valence-electron chi connectivity index (χ4n) is 2.05. The molecule has 1 aliphatic carbocycles. The highest BCUT2D eigenvalue weighted by Crippen LogP contribution is 2.28. The highest BCUT2D eigenvalue weighted by Gasteiger charge is 2.15. The second kappa shape index (κ2) is 6.58. The van der Waals surface area contributed by atoms with Gasteiger partial charge in [-0.1, -0.05) is 12.8 Å². The van der Waals surface area contributed by atoms with Gasteiger partial charge in [-0.05, 0) is 12.8 Å². The third-order valence-electron chi connectivity index (χ3n) is 2.98. The Balaban J connectivity index is 1.70. The zero-order chi connectivity index (χ0) is 12.8. The number of hydrogen-bond acceptors (Lipinski definition) is 5. The van der Waals surface area contributed by atoms with Crippen LogP contribution in [0.3, 0.4) is 0 Å². The summed E-state index contributed by atoms with van der Waals surface area (Å²) in [5, 5.41) is 3.60. The van der Waals surface area contributed by atoms with Gasteiger partial charge in [0.15, 0.2) is 11.5 Å². The molecule has 0 aliphatic heterocycles. The molecule has 1 aromatic heterocycles. The second-order valence-electron chi connectivity index (χ2n) is 4.32. The third kappa shape index (κ3) is 3.60. The van der Waals surface area contributed by atoms with Crippen molar-refractivity contribution < 1.29 is 4.79 Å². The van der Waals surface area contributed by atoms with E-state index in [0.717, 1.165) is 11.0 Å². The molecule has 5 nitrogen and oxygen atoms in total. The number of thioether (sulfide) groups is 1. The summed E-state index contributed by atoms with van der Waals surface area (Å²) in [4.78, 5) is 19.5. The number of anilines is 1. The molecule has 0 bridgehead atoms. The molecule has 1 saturated carbocycles. The molecule has 0 unspecified atom stereocenters. The van der Waals surface area contributed by atoms with E-state index in [0.29, 0.717) is 6.54 Å². The summed E-state index contributed by atoms with van der Waals surface area (Å²) in [6.07, 6.45) is 8.27. The molecule has 0 saturated heterocycles. The first-order valence-electron chi connectivity index (χ1n) is 6.23. The summed E-state index contributed by atoms with van der Waals surface area (Å²) in [6, 6.07) is 0. The van der Waals surface area contributed by atoms with Crippen molar-refractivity contribution in [1.82, 2.24) is 15.3 Å². The van der Waals surface area contributed by atoms with Gasteiger partial charge in [-0.15, -0.1) is 0 Å². The van der Waals surface area contributed by atoms with Gasteiger partial charge in [-0.25, -0.2) is 9.97 Å². The summed E-state index contributed by atoms with van der Waals surface area (Å²) in [5.74, 6) is 0.877. The molecular weight excluding hydrogens is 248 g/mol. The molecule has 2 rings (SSSR count). The quantitative estimate of drug-likeness (QED) is 0.789. The van der Waals surface area contributed by atoms with Crippen molar-refractivity contribution in [3.8, 4) is 0 Å². The Kier molecular flexibility index (Phi) is 4.81. The third-order valence-corrected chi connectivity index (χ3v) is 4.37. The van der Waals surface area contributed by atoms with Crippen LogP contribution in [0.2, 0.25) is 0 Å². The second-order valence-corrected chi connectivity index (χ2v) is 5.73. The fourth-order valence-corrected chi connectivity index (χ4v) is 3.27. The van der Waals surface area contributed by atoms with Crippen molar-refractivity contribution in [2.45, 2.75) is 30.9 Å². The highest BCUT2D eigenvalue weighted by atomic mass is 32.2. The van der Waals surface area contributed by atoms with Crippen molar-refractivity contribution in [3.05, 3.63) is 18.1 Å². The zero-order valence-electron chi connectivity index (χ0n) is 10.3. The van der Waals surface area contributed by atoms with Crippen molar-refractivity contribution in [3.63, 3.8) is 0 Å². The van der Waals surface area contributed by atoms with Crippen LogP contribution in [0.4, 0.5) is 5.82 Å². The topological polar surface area (TPSA) is 80.9 Å². The molecule has 0 spiro atoms. The molecule has 0 aromatic carbocycles. The van der Waals surface area contributed by atoms with E-state index in [1.54, 1.807) is 0 Å². The zero-order valence-corrected chi connectivity index (χ0v) is 11.1. The Labute approximate surface area is 111 Å². The maximum Gasteiger partial charge on any atom is 0.273 e. The molecule has 1 aromatic rings. The van der Waals surface area contributed by atoms with Gasteiger partial charge >= 0.3 is 0 Å². The first-order chi connectivity index (χ1) is 8.77. The van der Waals surface area contributed by atoms with E-state index < -0.39 is 0 Å². The minimum Gasteiger partial charge on any atom is -0.382 e. The first kappa shape index (κ1) is 13.1. The van der Waals surface area contributed by atoms with Crippen LogP contribution in [0.1, 0.15) is 36.2 Å². The van der Waals surface area contributed by atoms with Gasteiger partial charge in [-0.3, -0.25) is 4.79 Å². The lowest BCUT2D eigenvalue weighted by Gasteiger charge is -2.09. The van der Waals surface area contributed by atoms with Crippen LogP contribution in [-0.4, -0.2) is 33.4 Å². The Morgan fingerprint density at radius 1 is 1.39 bits per heavy atom. The fraction of sp³-hybridized carbons (Fsp3) is 0.583. The predicted octanol–water partition coefficient (Wildman–Crippen LogP) is 1.46. The minimum absolute atomic E-state index is 0.179. The van der Waals surface area contributed by atoms with Crippen LogP contribution in [-0.2, 0) is 0 Å². The lowest BCUT2D eigenvalue weighted by atomic mass is 10.4. The smallest absolute Gasteiger partial charge is 0.273 e. The minimum atomic E-state index is -0.243. The van der Waals surface area contributed by atoms with Gasteiger partial charge in [0.2, 0.25) is 0 Å². The Morgan fingerprint density at radius 2 is 2.11 bits per heavy atom. The van der Waals surface area contributed by atoms with Crippen LogP contribution >= 0.6 is 11.8 Å². The first-order valence-corrected chi connectivity index (χ1v) is 7.28. The van der Waals surface area contributed by atoms with Crippen molar-refractivity contribution in [1.29, 1.82) is 0 Å².